The van der Waals surface area contributed by atoms with Crippen LogP contribution < -0.4 is 54.4 Å². The molecule has 0 radical (unpaired) electrons. The van der Waals surface area contributed by atoms with Crippen LogP contribution in [0.3, 0.4) is 0 Å². The van der Waals surface area contributed by atoms with Gasteiger partial charge in [-0.15, -0.1) is 0 Å². The van der Waals surface area contributed by atoms with Crippen LogP contribution in [0.5, 0.6) is 0 Å². The minimum Gasteiger partial charge on any atom is -0.481 e. The van der Waals surface area contributed by atoms with Gasteiger partial charge in [-0.2, -0.15) is 0 Å². The Hall–Kier alpha value is -7.38. The number of carbonyl (C=O) groups is 11. The molecule has 0 spiro atoms. The number of carbonyl (C=O) groups excluding carboxylic acids is 10. The summed E-state index contributed by atoms with van der Waals surface area (Å²) in [5, 5.41) is 39.7. The average molecular weight is 1240 g/mol. The van der Waals surface area contributed by atoms with Crippen molar-refractivity contribution in [1.29, 1.82) is 0 Å². The van der Waals surface area contributed by atoms with E-state index in [-0.39, 0.29) is 87.7 Å². The summed E-state index contributed by atoms with van der Waals surface area (Å²) in [5.41, 5.74) is 17.2. The predicted octanol–water partition coefficient (Wildman–Crippen LogP) is 1.52. The number of likely N-dealkylation sites (tertiary alicyclic amines) is 2. The smallest absolute Gasteiger partial charge is 0.305 e. The van der Waals surface area contributed by atoms with Gasteiger partial charge in [-0.3, -0.25) is 57.7 Å². The van der Waals surface area contributed by atoms with E-state index >= 15 is 0 Å². The van der Waals surface area contributed by atoms with Crippen molar-refractivity contribution in [2.45, 2.75) is 238 Å². The lowest BCUT2D eigenvalue weighted by molar-refractivity contribution is -0.143. The van der Waals surface area contributed by atoms with Gasteiger partial charge in [-0.25, -0.2) is 0 Å². The van der Waals surface area contributed by atoms with Gasteiger partial charge in [-0.05, 0) is 87.0 Å². The summed E-state index contributed by atoms with van der Waals surface area (Å²) in [6.45, 7) is 16.5. The quantitative estimate of drug-likeness (QED) is 0.0254. The Morgan fingerprint density at radius 3 is 1.70 bits per heavy atom. The number of benzene rings is 1. The highest BCUT2D eigenvalue weighted by Gasteiger charge is 2.44. The zero-order valence-corrected chi connectivity index (χ0v) is 53.3. The predicted molar refractivity (Wildman–Crippen MR) is 332 cm³/mol. The monoisotopic (exact) mass is 1240 g/mol. The molecule has 2 aliphatic heterocycles. The molecule has 15 N–H and O–H groups in total. The topological polar surface area (TPSA) is 409 Å². The highest BCUT2D eigenvalue weighted by Crippen LogP contribution is 2.24. The largest absolute Gasteiger partial charge is 0.481 e. The van der Waals surface area contributed by atoms with Gasteiger partial charge in [-0.1, -0.05) is 125 Å². The van der Waals surface area contributed by atoms with Crippen molar-refractivity contribution in [1.82, 2.24) is 47.0 Å². The molecular weight excluding hydrogens is 1130 g/mol. The van der Waals surface area contributed by atoms with Crippen molar-refractivity contribution in [3.8, 4) is 0 Å². The third kappa shape index (κ3) is 25.8. The number of carboxylic acids is 1. The Morgan fingerprint density at radius 2 is 1.12 bits per heavy atom. The Bertz CT molecular complexity index is 2510. The molecule has 26 nitrogen and oxygen atoms in total. The van der Waals surface area contributed by atoms with Gasteiger partial charge in [0, 0.05) is 38.9 Å². The number of aliphatic imine (C=N–C) groups is 1. The number of nitrogens with zero attached hydrogens (tertiary/aromatic N) is 3. The number of primary amides is 1. The maximum Gasteiger partial charge on any atom is 0.305 e. The summed E-state index contributed by atoms with van der Waals surface area (Å²) in [5.74, 6) is -10.1. The second-order valence-corrected chi connectivity index (χ2v) is 24.9. The van der Waals surface area contributed by atoms with Crippen LogP contribution in [0.2, 0.25) is 0 Å². The van der Waals surface area contributed by atoms with Crippen molar-refractivity contribution in [3.05, 3.63) is 35.9 Å². The first-order valence-corrected chi connectivity index (χ1v) is 31.6. The van der Waals surface area contributed by atoms with E-state index in [4.69, 9.17) is 17.2 Å². The number of β-amino-alcohol motifs (C(OH)–C–C–N with tert-alkyl or cyclic N) is 1. The van der Waals surface area contributed by atoms with E-state index in [1.165, 1.54) is 0 Å². The van der Waals surface area contributed by atoms with E-state index in [1.54, 1.807) is 44.7 Å². The van der Waals surface area contributed by atoms with Crippen LogP contribution in [0.15, 0.2) is 35.3 Å². The van der Waals surface area contributed by atoms with Crippen LogP contribution in [-0.2, 0) is 59.2 Å². The molecule has 11 atom stereocenters. The maximum absolute atomic E-state index is 14.8. The number of aliphatic hydroxyl groups excluding tert-OH is 1. The minimum atomic E-state index is -1.81. The SMILES string of the molecule is CCCCCCCC(=O)N1CCCC[C@@H]1C(=O)N[C@@H](Cc1ccccc1)C(=O)N[C@H](CC(C)C)C(=O)N[C@@H](CC(C)C)C(=O)N1C[C@H](O)C[C@H]1C(=O)N[C@@H](CC(C)C)C(=O)N[C@@H](CC(=O)O)C(=O)N[C@@H](CCCN=C(N)N)C(=O)N[C@H](C(N)=O)[C@@H](C)CC. The van der Waals surface area contributed by atoms with Crippen LogP contribution in [0.4, 0.5) is 0 Å². The van der Waals surface area contributed by atoms with Crippen molar-refractivity contribution in [2.24, 2.45) is 45.9 Å². The number of hydrogen-bond donors (Lipinski definition) is 12. The zero-order valence-electron chi connectivity index (χ0n) is 53.3. The summed E-state index contributed by atoms with van der Waals surface area (Å²) in [6, 6.07) is -2.58. The first-order valence-electron chi connectivity index (χ1n) is 31.6. The van der Waals surface area contributed by atoms with Gasteiger partial charge in [0.1, 0.15) is 54.4 Å². The minimum absolute atomic E-state index is 0.0376. The van der Waals surface area contributed by atoms with E-state index in [1.807, 2.05) is 45.9 Å². The molecule has 10 amide bonds. The van der Waals surface area contributed by atoms with E-state index < -0.39 is 132 Å². The number of nitrogens with one attached hydrogen (secondary N) is 7. The first-order chi connectivity index (χ1) is 41.6. The molecule has 0 unspecified atom stereocenters. The average Bonchev–Trinajstić information content (AvgIpc) is 3.61. The Balaban J connectivity index is 1.89. The molecular formula is C62H103N13O13. The van der Waals surface area contributed by atoms with Gasteiger partial charge in [0.25, 0.3) is 0 Å². The van der Waals surface area contributed by atoms with E-state index in [9.17, 15) is 63.0 Å². The van der Waals surface area contributed by atoms with E-state index in [0.29, 0.717) is 32.2 Å². The van der Waals surface area contributed by atoms with Crippen LogP contribution in [0.25, 0.3) is 0 Å². The molecule has 1 aromatic carbocycles. The molecule has 0 aliphatic carbocycles. The molecule has 0 aromatic heterocycles. The molecule has 2 saturated heterocycles. The highest BCUT2D eigenvalue weighted by molar-refractivity contribution is 5.99. The van der Waals surface area contributed by atoms with Gasteiger partial charge >= 0.3 is 5.97 Å². The molecule has 2 fully saturated rings. The lowest BCUT2D eigenvalue weighted by atomic mass is 9.97. The lowest BCUT2D eigenvalue weighted by Crippen LogP contribution is -2.61. The molecule has 1 aromatic rings. The zero-order chi connectivity index (χ0) is 65.8. The van der Waals surface area contributed by atoms with Crippen molar-refractivity contribution < 1.29 is 63.0 Å². The standard InChI is InChI=1S/C62H103N13O13/c1-10-12-13-14-18-26-50(77)74-28-20-19-25-48(74)59(86)71-45(32-40-22-16-15-17-23-40)57(84)68-43(29-36(3)4)56(83)72-47(31-38(7)8)61(88)75-35-41(76)33-49(75)60(87)70-44(30-37(5)6)55(82)69-46(34-51(78)79)58(85)67-42(24-21-27-66-62(64)65)54(81)73-52(53(63)80)39(9)11-2/h15-17,22-23,36-39,41-49,52,76H,10-14,18-21,24-35H2,1-9H3,(H2,63,80)(H,67,85)(H,68,84)(H,69,82)(H,70,87)(H,71,86)(H,72,83)(H,73,81)(H,78,79)(H4,64,65,66)/t39-,41+,42-,43+,44-,45-,46-,47-,48+,49-,52-/m0/s1. The number of aliphatic hydroxyl groups is 1. The summed E-state index contributed by atoms with van der Waals surface area (Å²) in [4.78, 5) is 159. The number of amides is 10. The van der Waals surface area contributed by atoms with Gasteiger partial charge in [0.05, 0.1) is 12.5 Å². The number of rotatable bonds is 38. The summed E-state index contributed by atoms with van der Waals surface area (Å²) < 4.78 is 0. The van der Waals surface area contributed by atoms with Gasteiger partial charge < -0.3 is 74.4 Å². The van der Waals surface area contributed by atoms with Crippen LogP contribution in [-0.4, -0.2) is 171 Å². The molecule has 2 aliphatic rings. The summed E-state index contributed by atoms with van der Waals surface area (Å²) >= 11 is 0. The summed E-state index contributed by atoms with van der Waals surface area (Å²) in [6.07, 6.45) is 5.24. The van der Waals surface area contributed by atoms with Gasteiger partial charge in [0.15, 0.2) is 5.96 Å². The number of nitrogens with two attached hydrogens (primary N) is 3. The molecule has 88 heavy (non-hydrogen) atoms. The maximum atomic E-state index is 14.8. The van der Waals surface area contributed by atoms with Gasteiger partial charge in [0.2, 0.25) is 59.1 Å². The first kappa shape index (κ1) is 74.9. The fraction of sp³-hybridized carbons (Fsp3) is 0.710. The highest BCUT2D eigenvalue weighted by atomic mass is 16.4. The van der Waals surface area contributed by atoms with E-state index in [0.717, 1.165) is 49.0 Å². The van der Waals surface area contributed by atoms with Crippen molar-refractivity contribution >= 4 is 71.0 Å². The van der Waals surface area contributed by atoms with Crippen LogP contribution in [0, 0.1) is 23.7 Å². The Labute approximate surface area is 519 Å². The normalized spacial score (nSPS) is 18.5. The fourth-order valence-corrected chi connectivity index (χ4v) is 11.0. The van der Waals surface area contributed by atoms with Crippen molar-refractivity contribution in [3.63, 3.8) is 0 Å². The van der Waals surface area contributed by atoms with Crippen molar-refractivity contribution in [2.75, 3.05) is 19.6 Å². The number of guanidine groups is 1. The Kier molecular flexibility index (Phi) is 32.4. The second kappa shape index (κ2) is 38.1. The lowest BCUT2D eigenvalue weighted by Gasteiger charge is -2.36. The number of unbranched alkanes of at least 4 members (excludes halogenated alkanes) is 4. The molecule has 0 saturated carbocycles. The number of piperidine rings is 1. The van der Waals surface area contributed by atoms with Crippen LogP contribution in [0.1, 0.15) is 177 Å². The third-order valence-corrected chi connectivity index (χ3v) is 15.8. The molecule has 0 bridgehead atoms. The number of carboxylic acid groups (broad SMARTS) is 1. The number of hydrogen-bond acceptors (Lipinski definition) is 13. The fourth-order valence-electron chi connectivity index (χ4n) is 11.0. The molecule has 2 heterocycles. The van der Waals surface area contributed by atoms with E-state index in [2.05, 4.69) is 49.1 Å². The molecule has 26 heteroatoms. The Morgan fingerprint density at radius 1 is 0.602 bits per heavy atom. The number of aliphatic carboxylic acids is 1. The molecule has 3 rings (SSSR count). The van der Waals surface area contributed by atoms with Crippen LogP contribution >= 0.6 is 0 Å². The third-order valence-electron chi connectivity index (χ3n) is 15.8. The second-order valence-electron chi connectivity index (χ2n) is 24.9. The summed E-state index contributed by atoms with van der Waals surface area (Å²) in [7, 11) is 0. The molecule has 494 valence electrons.